The summed E-state index contributed by atoms with van der Waals surface area (Å²) >= 11 is 0. The molecule has 1 rings (SSSR count). The van der Waals surface area contributed by atoms with Crippen LogP contribution >= 0.6 is 12.4 Å². The fraction of sp³-hybridized carbons (Fsp3) is 0. The molecule has 0 unspecified atom stereocenters. The number of rotatable bonds is 0. The van der Waals surface area contributed by atoms with Gasteiger partial charge in [-0.3, -0.25) is 0 Å². The second-order valence-electron chi connectivity index (χ2n) is 0.909. The monoisotopic (exact) mass is 144 g/mol. The van der Waals surface area contributed by atoms with Gasteiger partial charge in [0.2, 0.25) is 0 Å². The molecule has 0 aliphatic carbocycles. The fourth-order valence-electron chi connectivity index (χ4n) is 0.209. The van der Waals surface area contributed by atoms with Crippen LogP contribution < -0.4 is 5.84 Å². The van der Waals surface area contributed by atoms with Crippen LogP contribution in [0, 0.1) is 0 Å². The van der Waals surface area contributed by atoms with Gasteiger partial charge in [0.25, 0.3) is 0 Å². The van der Waals surface area contributed by atoms with Crippen LogP contribution in [0.3, 0.4) is 0 Å². The van der Waals surface area contributed by atoms with E-state index in [2.05, 4.69) is 10.2 Å². The van der Waals surface area contributed by atoms with Crippen molar-refractivity contribution in [2.24, 2.45) is 0 Å². The van der Waals surface area contributed by atoms with E-state index < -0.39 is 0 Å². The molecule has 1 aromatic heterocycles. The Hall–Kier alpha value is 0.230. The van der Waals surface area contributed by atoms with Gasteiger partial charge in [-0.05, 0) is 0 Å². The summed E-state index contributed by atoms with van der Waals surface area (Å²) in [7, 11) is 0. The van der Waals surface area contributed by atoms with Crippen molar-refractivity contribution < 1.29 is 0 Å². The molecule has 8 heavy (non-hydrogen) atoms. The average molecular weight is 145 g/mol. The fourth-order valence-corrected chi connectivity index (χ4v) is 0.209. The first kappa shape index (κ1) is 11.1. The molecule has 0 saturated carbocycles. The Labute approximate surface area is 75.1 Å². The van der Waals surface area contributed by atoms with Crippen LogP contribution in [0.15, 0.2) is 12.7 Å². The van der Waals surface area contributed by atoms with Gasteiger partial charge in [0.15, 0.2) is 0 Å². The van der Waals surface area contributed by atoms with Gasteiger partial charge in [-0.25, -0.2) is 4.68 Å². The van der Waals surface area contributed by atoms with Gasteiger partial charge in [-0.15, -0.1) is 22.6 Å². The average Bonchev–Trinajstić information content (AvgIpc) is 1.86. The third-order valence-electron chi connectivity index (χ3n) is 0.437. The van der Waals surface area contributed by atoms with E-state index in [1.54, 1.807) is 0 Å². The van der Waals surface area contributed by atoms with Gasteiger partial charge in [0.1, 0.15) is 12.7 Å². The molecule has 1 aromatic rings. The van der Waals surface area contributed by atoms with Gasteiger partial charge in [-0.2, -0.15) is 0 Å². The van der Waals surface area contributed by atoms with Gasteiger partial charge < -0.3 is 5.84 Å². The van der Waals surface area contributed by atoms with Crippen molar-refractivity contribution in [3.8, 4) is 0 Å². The van der Waals surface area contributed by atoms with E-state index in [1.807, 2.05) is 0 Å². The number of nitrogen functional groups attached to an aromatic ring is 1. The molecule has 0 aliphatic heterocycles. The quantitative estimate of drug-likeness (QED) is 0.366. The molecule has 6 heteroatoms. The zero-order valence-corrected chi connectivity index (χ0v) is 4.30. The van der Waals surface area contributed by atoms with Gasteiger partial charge in [0.05, 0.1) is 0 Å². The molecule has 0 amide bonds. The molecular formula is C2H6ClN4Na. The van der Waals surface area contributed by atoms with Crippen molar-refractivity contribution in [2.45, 2.75) is 0 Å². The SMILES string of the molecule is Cl.Nn1cnnc1.[NaH]. The molecular weight excluding hydrogens is 138 g/mol. The maximum absolute atomic E-state index is 5.07. The summed E-state index contributed by atoms with van der Waals surface area (Å²) in [6.45, 7) is 0. The van der Waals surface area contributed by atoms with Crippen LogP contribution in [-0.4, -0.2) is 44.4 Å². The van der Waals surface area contributed by atoms with E-state index in [-0.39, 0.29) is 42.0 Å². The predicted molar refractivity (Wildman–Crippen MR) is 34.6 cm³/mol. The molecule has 4 nitrogen and oxygen atoms in total. The summed E-state index contributed by atoms with van der Waals surface area (Å²) in [5.41, 5.74) is 0. The first-order valence-corrected chi connectivity index (χ1v) is 1.49. The number of aromatic nitrogens is 3. The number of nitrogens with two attached hydrogens (primary N) is 1. The van der Waals surface area contributed by atoms with Crippen molar-refractivity contribution >= 4 is 42.0 Å². The van der Waals surface area contributed by atoms with E-state index in [9.17, 15) is 0 Å². The Morgan fingerprint density at radius 3 is 1.75 bits per heavy atom. The Morgan fingerprint density at radius 2 is 1.62 bits per heavy atom. The molecule has 0 radical (unpaired) electrons. The summed E-state index contributed by atoms with van der Waals surface area (Å²) in [5.74, 6) is 5.07. The van der Waals surface area contributed by atoms with Gasteiger partial charge in [-0.1, -0.05) is 0 Å². The van der Waals surface area contributed by atoms with Crippen LogP contribution in [0.25, 0.3) is 0 Å². The van der Waals surface area contributed by atoms with Gasteiger partial charge in [0, 0.05) is 0 Å². The standard InChI is InChI=1S/C2H4N4.ClH.Na.H/c3-6-1-4-5-2-6;;;/h1-2H,3H2;1H;;. The molecule has 0 aromatic carbocycles. The molecule has 2 N–H and O–H groups in total. The topological polar surface area (TPSA) is 56.7 Å². The summed E-state index contributed by atoms with van der Waals surface area (Å²) < 4.78 is 1.28. The summed E-state index contributed by atoms with van der Waals surface area (Å²) in [6.07, 6.45) is 2.83. The van der Waals surface area contributed by atoms with Crippen molar-refractivity contribution in [3.63, 3.8) is 0 Å². The van der Waals surface area contributed by atoms with Gasteiger partial charge >= 0.3 is 29.6 Å². The Morgan fingerprint density at radius 1 is 1.25 bits per heavy atom. The molecule has 0 bridgehead atoms. The van der Waals surface area contributed by atoms with E-state index in [1.165, 1.54) is 17.3 Å². The minimum absolute atomic E-state index is 0. The zero-order valence-electron chi connectivity index (χ0n) is 3.48. The molecule has 0 spiro atoms. The number of nitrogens with zero attached hydrogens (tertiary/aromatic N) is 3. The minimum atomic E-state index is 0. The van der Waals surface area contributed by atoms with Crippen LogP contribution in [-0.2, 0) is 0 Å². The zero-order chi connectivity index (χ0) is 4.41. The van der Waals surface area contributed by atoms with E-state index >= 15 is 0 Å². The molecule has 42 valence electrons. The van der Waals surface area contributed by atoms with Crippen molar-refractivity contribution in [1.29, 1.82) is 0 Å². The van der Waals surface area contributed by atoms with E-state index in [4.69, 9.17) is 5.84 Å². The van der Waals surface area contributed by atoms with Crippen molar-refractivity contribution in [1.82, 2.24) is 14.9 Å². The number of hydrogen-bond acceptors (Lipinski definition) is 3. The van der Waals surface area contributed by atoms with Crippen molar-refractivity contribution in [3.05, 3.63) is 12.7 Å². The predicted octanol–water partition coefficient (Wildman–Crippen LogP) is -1.23. The normalized spacial score (nSPS) is 6.50. The Kier molecular flexibility index (Phi) is 7.44. The van der Waals surface area contributed by atoms with E-state index in [0.29, 0.717) is 0 Å². The molecule has 1 heterocycles. The molecule has 0 saturated heterocycles. The first-order chi connectivity index (χ1) is 2.89. The van der Waals surface area contributed by atoms with Crippen LogP contribution in [0.2, 0.25) is 0 Å². The Bertz CT molecular complexity index is 118. The molecule has 0 atom stereocenters. The first-order valence-electron chi connectivity index (χ1n) is 1.49. The van der Waals surface area contributed by atoms with E-state index in [0.717, 1.165) is 0 Å². The second-order valence-corrected chi connectivity index (χ2v) is 0.909. The van der Waals surface area contributed by atoms with Crippen molar-refractivity contribution in [2.75, 3.05) is 5.84 Å². The third kappa shape index (κ3) is 3.26. The third-order valence-corrected chi connectivity index (χ3v) is 0.437. The van der Waals surface area contributed by atoms with Crippen LogP contribution in [0.4, 0.5) is 0 Å². The maximum atomic E-state index is 5.07. The summed E-state index contributed by atoms with van der Waals surface area (Å²) in [6, 6.07) is 0. The molecule has 0 aliphatic rings. The number of halogens is 1. The number of hydrogen-bond donors (Lipinski definition) is 1. The second kappa shape index (κ2) is 5.37. The summed E-state index contributed by atoms with van der Waals surface area (Å²) in [5, 5.41) is 6.82. The summed E-state index contributed by atoms with van der Waals surface area (Å²) in [4.78, 5) is 0. The Balaban J connectivity index is 0. The van der Waals surface area contributed by atoms with Crippen LogP contribution in [0.5, 0.6) is 0 Å². The molecule has 0 fully saturated rings. The van der Waals surface area contributed by atoms with Crippen LogP contribution in [0.1, 0.15) is 0 Å².